The van der Waals surface area contributed by atoms with Crippen molar-refractivity contribution in [2.24, 2.45) is 5.16 Å². The van der Waals surface area contributed by atoms with Crippen LogP contribution < -0.4 is 0 Å². The van der Waals surface area contributed by atoms with Crippen LogP contribution in [0.15, 0.2) is 59.8 Å². The van der Waals surface area contributed by atoms with Crippen LogP contribution in [0.2, 0.25) is 0 Å². The van der Waals surface area contributed by atoms with Gasteiger partial charge in [0.05, 0.1) is 10.6 Å². The molecule has 0 amide bonds. The number of oxime groups is 1. The Labute approximate surface area is 123 Å². The molecule has 0 heterocycles. The van der Waals surface area contributed by atoms with E-state index >= 15 is 0 Å². The zero-order valence-corrected chi connectivity index (χ0v) is 11.7. The van der Waals surface area contributed by atoms with E-state index in [4.69, 9.17) is 4.84 Å². The number of nitrogens with zero attached hydrogens (tertiary/aromatic N) is 2. The van der Waals surface area contributed by atoms with Gasteiger partial charge in [-0.15, -0.1) is 0 Å². The van der Waals surface area contributed by atoms with E-state index in [2.05, 4.69) is 5.16 Å². The summed E-state index contributed by atoms with van der Waals surface area (Å²) < 4.78 is 0. The number of nitro benzene ring substituents is 1. The third-order valence-electron chi connectivity index (χ3n) is 2.90. The SMILES string of the molecule is C/C(Cc1ccccc1)=N\OCc1ccc([N+](=O)[O-])cc1. The number of hydrogen-bond donors (Lipinski definition) is 0. The summed E-state index contributed by atoms with van der Waals surface area (Å²) in [6.07, 6.45) is 0.737. The number of nitro groups is 1. The monoisotopic (exact) mass is 284 g/mol. The molecule has 108 valence electrons. The van der Waals surface area contributed by atoms with Gasteiger partial charge in [0.2, 0.25) is 0 Å². The van der Waals surface area contributed by atoms with Crippen LogP contribution in [0.25, 0.3) is 0 Å². The molecule has 0 N–H and O–H groups in total. The summed E-state index contributed by atoms with van der Waals surface area (Å²) in [5, 5.41) is 14.6. The molecule has 0 spiro atoms. The van der Waals surface area contributed by atoms with Gasteiger partial charge in [-0.2, -0.15) is 0 Å². The van der Waals surface area contributed by atoms with Crippen molar-refractivity contribution in [3.05, 3.63) is 75.8 Å². The van der Waals surface area contributed by atoms with E-state index in [0.29, 0.717) is 6.61 Å². The molecule has 2 aromatic carbocycles. The molecule has 0 aliphatic rings. The normalized spacial score (nSPS) is 11.2. The lowest BCUT2D eigenvalue weighted by atomic mass is 10.1. The van der Waals surface area contributed by atoms with Crippen LogP contribution in [0.3, 0.4) is 0 Å². The number of non-ortho nitro benzene ring substituents is 1. The second kappa shape index (κ2) is 7.19. The maximum Gasteiger partial charge on any atom is 0.269 e. The van der Waals surface area contributed by atoms with Crippen LogP contribution in [0, 0.1) is 10.1 Å². The first-order valence-corrected chi connectivity index (χ1v) is 6.58. The maximum atomic E-state index is 10.5. The van der Waals surface area contributed by atoms with E-state index in [9.17, 15) is 10.1 Å². The number of benzene rings is 2. The molecular formula is C16H16N2O3. The third kappa shape index (κ3) is 4.72. The van der Waals surface area contributed by atoms with Crippen molar-refractivity contribution in [1.29, 1.82) is 0 Å². The van der Waals surface area contributed by atoms with Crippen molar-refractivity contribution in [2.45, 2.75) is 20.0 Å². The summed E-state index contributed by atoms with van der Waals surface area (Å²) in [6, 6.07) is 16.3. The molecule has 2 aromatic rings. The van der Waals surface area contributed by atoms with Gasteiger partial charge in [0.25, 0.3) is 5.69 Å². The lowest BCUT2D eigenvalue weighted by molar-refractivity contribution is -0.384. The first kappa shape index (κ1) is 14.7. The van der Waals surface area contributed by atoms with Crippen LogP contribution in [0.4, 0.5) is 5.69 Å². The molecule has 0 aliphatic heterocycles. The van der Waals surface area contributed by atoms with Crippen molar-refractivity contribution < 1.29 is 9.76 Å². The molecule has 0 bridgehead atoms. The van der Waals surface area contributed by atoms with Gasteiger partial charge < -0.3 is 4.84 Å². The van der Waals surface area contributed by atoms with E-state index in [0.717, 1.165) is 17.7 Å². The zero-order chi connectivity index (χ0) is 15.1. The lowest BCUT2D eigenvalue weighted by Gasteiger charge is -2.03. The highest BCUT2D eigenvalue weighted by Gasteiger charge is 2.04. The maximum absolute atomic E-state index is 10.5. The van der Waals surface area contributed by atoms with Gasteiger partial charge in [-0.1, -0.05) is 35.5 Å². The van der Waals surface area contributed by atoms with Crippen LogP contribution in [0.1, 0.15) is 18.1 Å². The molecule has 0 saturated carbocycles. The average Bonchev–Trinajstić information content (AvgIpc) is 2.49. The Kier molecular flexibility index (Phi) is 5.04. The minimum atomic E-state index is -0.424. The van der Waals surface area contributed by atoms with Crippen LogP contribution in [-0.4, -0.2) is 10.6 Å². The Bertz CT molecular complexity index is 622. The molecular weight excluding hydrogens is 268 g/mol. The molecule has 21 heavy (non-hydrogen) atoms. The zero-order valence-electron chi connectivity index (χ0n) is 11.7. The minimum absolute atomic E-state index is 0.0718. The summed E-state index contributed by atoms with van der Waals surface area (Å²) in [5.74, 6) is 0. The molecule has 0 radical (unpaired) electrons. The van der Waals surface area contributed by atoms with Crippen molar-refractivity contribution in [1.82, 2.24) is 0 Å². The quantitative estimate of drug-likeness (QED) is 0.461. The summed E-state index contributed by atoms with van der Waals surface area (Å²) >= 11 is 0. The van der Waals surface area contributed by atoms with E-state index in [-0.39, 0.29) is 5.69 Å². The summed E-state index contributed by atoms with van der Waals surface area (Å²) in [6.45, 7) is 2.20. The van der Waals surface area contributed by atoms with Gasteiger partial charge in [-0.3, -0.25) is 10.1 Å². The van der Waals surface area contributed by atoms with Crippen LogP contribution >= 0.6 is 0 Å². The van der Waals surface area contributed by atoms with Gasteiger partial charge in [0, 0.05) is 18.6 Å². The molecule has 0 saturated heterocycles. The molecule has 5 nitrogen and oxygen atoms in total. The van der Waals surface area contributed by atoms with Gasteiger partial charge in [0.15, 0.2) is 0 Å². The van der Waals surface area contributed by atoms with Crippen molar-refractivity contribution in [2.75, 3.05) is 0 Å². The van der Waals surface area contributed by atoms with E-state index < -0.39 is 4.92 Å². The van der Waals surface area contributed by atoms with Gasteiger partial charge in [0.1, 0.15) is 6.61 Å². The van der Waals surface area contributed by atoms with Gasteiger partial charge in [-0.05, 0) is 30.2 Å². The molecule has 0 aliphatic carbocycles. The Hall–Kier alpha value is -2.69. The largest absolute Gasteiger partial charge is 0.391 e. The average molecular weight is 284 g/mol. The minimum Gasteiger partial charge on any atom is -0.391 e. The van der Waals surface area contributed by atoms with Crippen molar-refractivity contribution in [3.63, 3.8) is 0 Å². The summed E-state index contributed by atoms with van der Waals surface area (Å²) in [5.41, 5.74) is 2.97. The predicted molar refractivity (Wildman–Crippen MR) is 81.1 cm³/mol. The lowest BCUT2D eigenvalue weighted by Crippen LogP contribution is -1.99. The highest BCUT2D eigenvalue weighted by molar-refractivity contribution is 5.83. The molecule has 0 aromatic heterocycles. The molecule has 5 heteroatoms. The summed E-state index contributed by atoms with van der Waals surface area (Å²) in [7, 11) is 0. The topological polar surface area (TPSA) is 64.7 Å². The van der Waals surface area contributed by atoms with Gasteiger partial charge in [-0.25, -0.2) is 0 Å². The standard InChI is InChI=1S/C16H16N2O3/c1-13(11-14-5-3-2-4-6-14)17-21-12-15-7-9-16(10-8-15)18(19)20/h2-10H,11-12H2,1H3/b17-13+. The third-order valence-corrected chi connectivity index (χ3v) is 2.90. The highest BCUT2D eigenvalue weighted by Crippen LogP contribution is 2.12. The predicted octanol–water partition coefficient (Wildman–Crippen LogP) is 3.73. The van der Waals surface area contributed by atoms with Crippen molar-refractivity contribution >= 4 is 11.4 Å². The molecule has 0 unspecified atom stereocenters. The van der Waals surface area contributed by atoms with E-state index in [1.165, 1.54) is 17.7 Å². The Morgan fingerprint density at radius 1 is 1.10 bits per heavy atom. The Morgan fingerprint density at radius 2 is 1.76 bits per heavy atom. The molecule has 0 fully saturated rings. The van der Waals surface area contributed by atoms with Gasteiger partial charge >= 0.3 is 0 Å². The first-order valence-electron chi connectivity index (χ1n) is 6.58. The highest BCUT2D eigenvalue weighted by atomic mass is 16.6. The Morgan fingerprint density at radius 3 is 2.38 bits per heavy atom. The van der Waals surface area contributed by atoms with Crippen LogP contribution in [0.5, 0.6) is 0 Å². The van der Waals surface area contributed by atoms with Crippen LogP contribution in [-0.2, 0) is 17.9 Å². The Balaban J connectivity index is 1.85. The fourth-order valence-electron chi connectivity index (χ4n) is 1.85. The second-order valence-corrected chi connectivity index (χ2v) is 4.69. The molecule has 2 rings (SSSR count). The van der Waals surface area contributed by atoms with E-state index in [1.54, 1.807) is 12.1 Å². The number of rotatable bonds is 6. The second-order valence-electron chi connectivity index (χ2n) is 4.69. The molecule has 0 atom stereocenters. The fraction of sp³-hybridized carbons (Fsp3) is 0.188. The smallest absolute Gasteiger partial charge is 0.269 e. The summed E-state index contributed by atoms with van der Waals surface area (Å²) in [4.78, 5) is 15.4. The van der Waals surface area contributed by atoms with Crippen molar-refractivity contribution in [3.8, 4) is 0 Å². The first-order chi connectivity index (χ1) is 10.1. The fourth-order valence-corrected chi connectivity index (χ4v) is 1.85. The number of hydrogen-bond acceptors (Lipinski definition) is 4. The van der Waals surface area contributed by atoms with E-state index in [1.807, 2.05) is 37.3 Å².